The number of rotatable bonds is 58. The maximum Gasteiger partial charge on any atom is 0.472 e. The van der Waals surface area contributed by atoms with Gasteiger partial charge >= 0.3 is 19.8 Å². The quantitative estimate of drug-likeness (QED) is 0.0211. The van der Waals surface area contributed by atoms with Crippen molar-refractivity contribution < 1.29 is 42.1 Å². The third-order valence-corrected chi connectivity index (χ3v) is 15.0. The number of quaternary nitrogens is 1. The molecule has 10 heteroatoms. The molecule has 1 N–H and O–H groups in total. The summed E-state index contributed by atoms with van der Waals surface area (Å²) in [6, 6.07) is 0. The van der Waals surface area contributed by atoms with Crippen molar-refractivity contribution in [3.63, 3.8) is 0 Å². The molecule has 0 aromatic rings. The molecule has 0 aliphatic heterocycles. The Morgan fingerprint density at radius 2 is 0.718 bits per heavy atom. The average Bonchev–Trinajstić information content (AvgIpc) is 3.33. The van der Waals surface area contributed by atoms with Crippen LogP contribution in [0.25, 0.3) is 0 Å². The van der Waals surface area contributed by atoms with E-state index in [-0.39, 0.29) is 25.6 Å². The second-order valence-electron chi connectivity index (χ2n) is 22.5. The maximum absolute atomic E-state index is 12.7. The van der Waals surface area contributed by atoms with Gasteiger partial charge in [-0.3, -0.25) is 18.6 Å². The van der Waals surface area contributed by atoms with E-state index in [1.807, 2.05) is 21.1 Å². The van der Waals surface area contributed by atoms with E-state index < -0.39 is 26.5 Å². The molecule has 0 radical (unpaired) electrons. The van der Waals surface area contributed by atoms with Crippen molar-refractivity contribution in [1.82, 2.24) is 0 Å². The third-order valence-electron chi connectivity index (χ3n) is 14.0. The van der Waals surface area contributed by atoms with Crippen molar-refractivity contribution in [3.8, 4) is 0 Å². The van der Waals surface area contributed by atoms with Gasteiger partial charge in [0, 0.05) is 12.8 Å². The molecule has 0 bridgehead atoms. The Labute approximate surface area is 441 Å². The van der Waals surface area contributed by atoms with Crippen molar-refractivity contribution in [1.29, 1.82) is 0 Å². The van der Waals surface area contributed by atoms with Crippen LogP contribution in [-0.4, -0.2) is 74.9 Å². The standard InChI is InChI=1S/C61H120NO8P/c1-6-8-10-12-14-15-16-17-18-19-20-21-22-23-24-25-26-27-28-29-30-31-32-33-34-35-36-37-38-39-40-41-42-43-44-45-46-47-48-50-52-54-61(64)70-59(57-67-60(63)53-51-49-13-11-9-7-2)58-69-71(65,66)68-56-55-62(3,4)5/h19-20,59H,6-18,21-58H2,1-5H3/p+1/b20-19-. The van der Waals surface area contributed by atoms with Gasteiger partial charge in [0.25, 0.3) is 0 Å². The largest absolute Gasteiger partial charge is 0.472 e. The summed E-state index contributed by atoms with van der Waals surface area (Å²) >= 11 is 0. The molecule has 0 amide bonds. The van der Waals surface area contributed by atoms with Crippen molar-refractivity contribution >= 4 is 19.8 Å². The number of phosphoric acid groups is 1. The lowest BCUT2D eigenvalue weighted by atomic mass is 10.0. The number of nitrogens with zero attached hydrogens (tertiary/aromatic N) is 1. The second kappa shape index (κ2) is 53.6. The SMILES string of the molecule is CCCCCCCCCC/C=C\CCCCCCCCCCCCCCCCCCCCCCCCCCCCCCCC(=O)OC(COC(=O)CCCCCCCC)COP(=O)(O)OCC[N+](C)(C)C. The molecule has 0 aromatic heterocycles. The van der Waals surface area contributed by atoms with E-state index in [9.17, 15) is 19.0 Å². The van der Waals surface area contributed by atoms with E-state index in [2.05, 4.69) is 26.0 Å². The molecule has 71 heavy (non-hydrogen) atoms. The zero-order valence-electron chi connectivity index (χ0n) is 48.0. The maximum atomic E-state index is 12.7. The van der Waals surface area contributed by atoms with Crippen molar-refractivity contribution in [2.45, 2.75) is 322 Å². The topological polar surface area (TPSA) is 108 Å². The Morgan fingerprint density at radius 1 is 0.423 bits per heavy atom. The Morgan fingerprint density at radius 3 is 1.04 bits per heavy atom. The fourth-order valence-electron chi connectivity index (χ4n) is 9.25. The predicted octanol–water partition coefficient (Wildman–Crippen LogP) is 19.2. The van der Waals surface area contributed by atoms with Gasteiger partial charge in [-0.15, -0.1) is 0 Å². The molecule has 0 fully saturated rings. The lowest BCUT2D eigenvalue weighted by Crippen LogP contribution is -2.37. The van der Waals surface area contributed by atoms with Crippen LogP contribution in [-0.2, 0) is 32.7 Å². The summed E-state index contributed by atoms with van der Waals surface area (Å²) in [6.45, 7) is 4.40. The number of hydrogen-bond acceptors (Lipinski definition) is 7. The number of phosphoric ester groups is 1. The van der Waals surface area contributed by atoms with Gasteiger partial charge in [0.15, 0.2) is 6.10 Å². The van der Waals surface area contributed by atoms with Crippen LogP contribution in [0.1, 0.15) is 316 Å². The average molecular weight is 1030 g/mol. The molecule has 2 atom stereocenters. The summed E-state index contributed by atoms with van der Waals surface area (Å²) in [5.41, 5.74) is 0. The number of likely N-dealkylation sites (N-methyl/N-ethyl adjacent to an activating group) is 1. The number of esters is 2. The molecule has 422 valence electrons. The predicted molar refractivity (Wildman–Crippen MR) is 303 cm³/mol. The molecular weight excluding hydrogens is 906 g/mol. The summed E-state index contributed by atoms with van der Waals surface area (Å²) in [4.78, 5) is 35.3. The fourth-order valence-corrected chi connectivity index (χ4v) is 9.99. The normalized spacial score (nSPS) is 13.3. The molecule has 0 saturated carbocycles. The monoisotopic (exact) mass is 1030 g/mol. The molecule has 0 rings (SSSR count). The summed E-state index contributed by atoms with van der Waals surface area (Å²) in [7, 11) is 1.49. The number of carbonyl (C=O) groups is 2. The van der Waals surface area contributed by atoms with Crippen molar-refractivity contribution in [2.24, 2.45) is 0 Å². The van der Waals surface area contributed by atoms with Gasteiger partial charge in [-0.1, -0.05) is 276 Å². The van der Waals surface area contributed by atoms with E-state index in [0.29, 0.717) is 17.4 Å². The first-order valence-electron chi connectivity index (χ1n) is 30.9. The van der Waals surface area contributed by atoms with Crippen molar-refractivity contribution in [2.75, 3.05) is 47.5 Å². The molecule has 0 aliphatic rings. The number of allylic oxidation sites excluding steroid dienone is 2. The first kappa shape index (κ1) is 69.8. The third kappa shape index (κ3) is 57.9. The van der Waals surface area contributed by atoms with E-state index in [4.69, 9.17) is 18.5 Å². The van der Waals surface area contributed by atoms with Gasteiger partial charge < -0.3 is 18.9 Å². The zero-order chi connectivity index (χ0) is 52.0. The van der Waals surface area contributed by atoms with Gasteiger partial charge in [-0.25, -0.2) is 4.57 Å². The lowest BCUT2D eigenvalue weighted by Gasteiger charge is -2.24. The van der Waals surface area contributed by atoms with Crippen LogP contribution >= 0.6 is 7.82 Å². The number of hydrogen-bond donors (Lipinski definition) is 1. The molecule has 9 nitrogen and oxygen atoms in total. The van der Waals surface area contributed by atoms with Gasteiger partial charge in [-0.05, 0) is 38.5 Å². The molecule has 2 unspecified atom stereocenters. The summed E-state index contributed by atoms with van der Waals surface area (Å²) in [5.74, 6) is -0.792. The minimum absolute atomic E-state index is 0.0359. The van der Waals surface area contributed by atoms with Crippen LogP contribution in [0.3, 0.4) is 0 Å². The molecular formula is C61H121NO8P+. The Kier molecular flexibility index (Phi) is 52.6. The highest BCUT2D eigenvalue weighted by atomic mass is 31.2. The Balaban J connectivity index is 3.67. The highest BCUT2D eigenvalue weighted by molar-refractivity contribution is 7.47. The van der Waals surface area contributed by atoms with Crippen LogP contribution < -0.4 is 0 Å². The van der Waals surface area contributed by atoms with E-state index in [1.165, 1.54) is 244 Å². The molecule has 0 saturated heterocycles. The first-order chi connectivity index (χ1) is 34.5. The van der Waals surface area contributed by atoms with Gasteiger partial charge in [-0.2, -0.15) is 0 Å². The summed E-state index contributed by atoms with van der Waals surface area (Å²) < 4.78 is 34.3. The van der Waals surface area contributed by atoms with E-state index in [1.54, 1.807) is 0 Å². The fraction of sp³-hybridized carbons (Fsp3) is 0.934. The molecule has 0 aromatic carbocycles. The van der Waals surface area contributed by atoms with Gasteiger partial charge in [0.2, 0.25) is 0 Å². The smallest absolute Gasteiger partial charge is 0.462 e. The zero-order valence-corrected chi connectivity index (χ0v) is 48.9. The Hall–Kier alpha value is -1.25. The highest BCUT2D eigenvalue weighted by Crippen LogP contribution is 2.43. The van der Waals surface area contributed by atoms with Crippen LogP contribution in [0.15, 0.2) is 12.2 Å². The number of ether oxygens (including phenoxy) is 2. The van der Waals surface area contributed by atoms with Gasteiger partial charge in [0.1, 0.15) is 19.8 Å². The number of unbranched alkanes of at least 4 members (excludes halogenated alkanes) is 42. The van der Waals surface area contributed by atoms with E-state index >= 15 is 0 Å². The van der Waals surface area contributed by atoms with Gasteiger partial charge in [0.05, 0.1) is 27.7 Å². The second-order valence-corrected chi connectivity index (χ2v) is 23.9. The summed E-state index contributed by atoms with van der Waals surface area (Å²) in [6.07, 6.45) is 63.8. The van der Waals surface area contributed by atoms with Crippen LogP contribution in [0.4, 0.5) is 0 Å². The first-order valence-corrected chi connectivity index (χ1v) is 32.4. The molecule has 0 aliphatic carbocycles. The highest BCUT2D eigenvalue weighted by Gasteiger charge is 2.27. The number of carbonyl (C=O) groups excluding carboxylic acids is 2. The lowest BCUT2D eigenvalue weighted by molar-refractivity contribution is -0.870. The molecule has 0 spiro atoms. The summed E-state index contributed by atoms with van der Waals surface area (Å²) in [5, 5.41) is 0. The van der Waals surface area contributed by atoms with Crippen LogP contribution in [0.5, 0.6) is 0 Å². The van der Waals surface area contributed by atoms with E-state index in [0.717, 1.165) is 44.9 Å². The minimum atomic E-state index is -4.37. The Bertz CT molecular complexity index is 1210. The van der Waals surface area contributed by atoms with Crippen molar-refractivity contribution in [3.05, 3.63) is 12.2 Å². The molecule has 0 heterocycles. The van der Waals surface area contributed by atoms with Crippen LogP contribution in [0.2, 0.25) is 0 Å². The minimum Gasteiger partial charge on any atom is -0.462 e. The van der Waals surface area contributed by atoms with Crippen LogP contribution in [0, 0.1) is 0 Å².